The SMILES string of the molecule is N#CCCN(CCO)c1ccc(/C=C/c2cccc[n+]2CCSSCC[n+]2ccccc2/C=C/c2ccc(N(CCO)CCON)cc2)cc1. The quantitative estimate of drug-likeness (QED) is 0.0444. The number of pyridine rings is 2. The molecule has 0 spiro atoms. The lowest BCUT2D eigenvalue weighted by Crippen LogP contribution is -2.38. The number of anilines is 2. The highest BCUT2D eigenvalue weighted by Crippen LogP contribution is 2.21. The van der Waals surface area contributed by atoms with E-state index in [4.69, 9.17) is 16.0 Å². The Bertz CT molecular complexity index is 1660. The van der Waals surface area contributed by atoms with Gasteiger partial charge >= 0.3 is 0 Å². The molecule has 0 aliphatic heterocycles. The van der Waals surface area contributed by atoms with E-state index in [1.807, 2.05) is 43.5 Å². The van der Waals surface area contributed by atoms with Crippen molar-refractivity contribution in [3.63, 3.8) is 0 Å². The van der Waals surface area contributed by atoms with Gasteiger partial charge in [0, 0.05) is 74.0 Å². The number of aromatic nitrogens is 2. The number of nitriles is 1. The number of nitrogens with zero attached hydrogens (tertiary/aromatic N) is 5. The van der Waals surface area contributed by atoms with Gasteiger partial charge in [-0.3, -0.25) is 0 Å². The molecule has 0 saturated carbocycles. The Kier molecular flexibility index (Phi) is 17.4. The first-order valence-electron chi connectivity index (χ1n) is 16.8. The van der Waals surface area contributed by atoms with Crippen molar-refractivity contribution >= 4 is 57.3 Å². The minimum Gasteiger partial charge on any atom is -0.395 e. The number of benzene rings is 2. The van der Waals surface area contributed by atoms with E-state index < -0.39 is 0 Å². The molecular formula is C39H48N6O3S2+2. The van der Waals surface area contributed by atoms with Gasteiger partial charge in [0.1, 0.15) is 0 Å². The smallest absolute Gasteiger partial charge is 0.205 e. The predicted molar refractivity (Wildman–Crippen MR) is 208 cm³/mol. The molecule has 262 valence electrons. The second-order valence-corrected chi connectivity index (χ2v) is 14.0. The summed E-state index contributed by atoms with van der Waals surface area (Å²) in [7, 11) is 3.79. The van der Waals surface area contributed by atoms with Crippen LogP contribution in [0.4, 0.5) is 11.4 Å². The highest BCUT2D eigenvalue weighted by Gasteiger charge is 2.10. The van der Waals surface area contributed by atoms with Gasteiger partial charge in [-0.05, 0) is 59.7 Å². The van der Waals surface area contributed by atoms with Crippen LogP contribution >= 0.6 is 21.6 Å². The Morgan fingerprint density at radius 1 is 0.660 bits per heavy atom. The number of aliphatic hydroxyl groups excluding tert-OH is 2. The van der Waals surface area contributed by atoms with Gasteiger partial charge in [-0.15, -0.1) is 0 Å². The van der Waals surface area contributed by atoms with E-state index in [1.165, 1.54) is 0 Å². The Labute approximate surface area is 304 Å². The van der Waals surface area contributed by atoms with Gasteiger partial charge in [-0.2, -0.15) is 14.4 Å². The van der Waals surface area contributed by atoms with E-state index in [0.717, 1.165) is 58.5 Å². The number of hydrogen-bond acceptors (Lipinski definition) is 9. The zero-order valence-corrected chi connectivity index (χ0v) is 30.1. The molecule has 4 N–H and O–H groups in total. The summed E-state index contributed by atoms with van der Waals surface area (Å²) >= 11 is 0. The Morgan fingerprint density at radius 3 is 1.58 bits per heavy atom. The maximum atomic E-state index is 9.40. The maximum absolute atomic E-state index is 9.40. The molecule has 2 aromatic heterocycles. The standard InChI is InChI=1S/C39H48N6O3S2/c40-20-5-23-42(24-29-46)38-16-10-34(11-17-38)8-14-36-6-1-3-21-43(36)27-32-49-50-33-28-44-22-4-2-7-37(44)15-9-35-12-18-39(19-13-35)45(25-30-47)26-31-48-41/h1-4,6-19,21-22,46-47H,5,23-33,41H2/q+2. The van der Waals surface area contributed by atoms with E-state index in [-0.39, 0.29) is 13.2 Å². The highest BCUT2D eigenvalue weighted by atomic mass is 33.1. The molecule has 0 saturated heterocycles. The monoisotopic (exact) mass is 712 g/mol. The van der Waals surface area contributed by atoms with Crippen LogP contribution in [0.1, 0.15) is 28.9 Å². The highest BCUT2D eigenvalue weighted by molar-refractivity contribution is 8.76. The number of hydrogen-bond donors (Lipinski definition) is 3. The second-order valence-electron chi connectivity index (χ2n) is 11.3. The van der Waals surface area contributed by atoms with E-state index in [2.05, 4.69) is 125 Å². The fourth-order valence-corrected chi connectivity index (χ4v) is 7.30. The molecular weight excluding hydrogens is 665 g/mol. The lowest BCUT2D eigenvalue weighted by molar-refractivity contribution is -0.694. The summed E-state index contributed by atoms with van der Waals surface area (Å²) in [5, 5.41) is 27.7. The van der Waals surface area contributed by atoms with Crippen molar-refractivity contribution < 1.29 is 24.2 Å². The molecule has 0 radical (unpaired) electrons. The molecule has 0 bridgehead atoms. The molecule has 0 unspecified atom stereocenters. The van der Waals surface area contributed by atoms with Crippen LogP contribution in [0.15, 0.2) is 97.3 Å². The van der Waals surface area contributed by atoms with Crippen LogP contribution in [0.3, 0.4) is 0 Å². The number of rotatable bonds is 22. The van der Waals surface area contributed by atoms with E-state index >= 15 is 0 Å². The Balaban J connectivity index is 1.24. The van der Waals surface area contributed by atoms with Crippen molar-refractivity contribution in [2.24, 2.45) is 5.90 Å². The van der Waals surface area contributed by atoms with Crippen LogP contribution in [0.2, 0.25) is 0 Å². The Morgan fingerprint density at radius 2 is 1.14 bits per heavy atom. The molecule has 0 aliphatic carbocycles. The minimum atomic E-state index is 0.0563. The van der Waals surface area contributed by atoms with Crippen LogP contribution in [-0.2, 0) is 17.9 Å². The topological polar surface area (TPSA) is 114 Å². The fourth-order valence-electron chi connectivity index (χ4n) is 5.36. The van der Waals surface area contributed by atoms with Crippen molar-refractivity contribution in [1.82, 2.24) is 0 Å². The van der Waals surface area contributed by atoms with Gasteiger partial charge in [-0.25, -0.2) is 5.90 Å². The van der Waals surface area contributed by atoms with Crippen LogP contribution in [0.25, 0.3) is 24.3 Å². The maximum Gasteiger partial charge on any atom is 0.205 e. The van der Waals surface area contributed by atoms with E-state index in [1.54, 1.807) is 0 Å². The molecule has 0 atom stereocenters. The predicted octanol–water partition coefficient (Wildman–Crippen LogP) is 5.09. The van der Waals surface area contributed by atoms with Crippen molar-refractivity contribution in [3.05, 3.63) is 120 Å². The van der Waals surface area contributed by atoms with Gasteiger partial charge < -0.3 is 24.9 Å². The summed E-state index contributed by atoms with van der Waals surface area (Å²) in [4.78, 5) is 8.80. The molecule has 0 aliphatic rings. The first-order chi connectivity index (χ1) is 24.6. The third kappa shape index (κ3) is 12.9. The summed E-state index contributed by atoms with van der Waals surface area (Å²) in [6.07, 6.45) is 13.2. The molecule has 0 amide bonds. The molecule has 4 aromatic rings. The van der Waals surface area contributed by atoms with Gasteiger partial charge in [0.05, 0.1) is 43.8 Å². The number of aliphatic hydroxyl groups is 2. The van der Waals surface area contributed by atoms with Crippen molar-refractivity contribution in [2.45, 2.75) is 19.5 Å². The summed E-state index contributed by atoms with van der Waals surface area (Å²) in [6.45, 7) is 4.61. The van der Waals surface area contributed by atoms with E-state index in [0.29, 0.717) is 39.2 Å². The third-order valence-corrected chi connectivity index (χ3v) is 10.4. The van der Waals surface area contributed by atoms with Gasteiger partial charge in [-0.1, -0.05) is 45.9 Å². The molecule has 0 fully saturated rings. The number of aryl methyl sites for hydroxylation is 2. The minimum absolute atomic E-state index is 0.0563. The largest absolute Gasteiger partial charge is 0.395 e. The van der Waals surface area contributed by atoms with Crippen LogP contribution in [-0.4, -0.2) is 67.7 Å². The molecule has 50 heavy (non-hydrogen) atoms. The van der Waals surface area contributed by atoms with Gasteiger partial charge in [0.2, 0.25) is 11.4 Å². The zero-order valence-electron chi connectivity index (χ0n) is 28.5. The lowest BCUT2D eigenvalue weighted by Gasteiger charge is -2.23. The summed E-state index contributed by atoms with van der Waals surface area (Å²) < 4.78 is 4.57. The van der Waals surface area contributed by atoms with Crippen molar-refractivity contribution in [3.8, 4) is 6.07 Å². The van der Waals surface area contributed by atoms with Crippen molar-refractivity contribution in [1.29, 1.82) is 5.26 Å². The number of nitrogens with two attached hydrogens (primary N) is 1. The normalized spacial score (nSPS) is 11.3. The van der Waals surface area contributed by atoms with Crippen LogP contribution in [0.5, 0.6) is 0 Å². The van der Waals surface area contributed by atoms with Gasteiger partial charge in [0.15, 0.2) is 25.5 Å². The average molecular weight is 713 g/mol. The van der Waals surface area contributed by atoms with Crippen LogP contribution in [0, 0.1) is 11.3 Å². The molecule has 9 nitrogen and oxygen atoms in total. The molecule has 2 aromatic carbocycles. The zero-order chi connectivity index (χ0) is 35.2. The van der Waals surface area contributed by atoms with E-state index in [9.17, 15) is 10.2 Å². The lowest BCUT2D eigenvalue weighted by atomic mass is 10.1. The van der Waals surface area contributed by atoms with Crippen LogP contribution < -0.4 is 24.8 Å². The molecule has 2 heterocycles. The molecule has 4 rings (SSSR count). The fraction of sp³-hybridized carbons (Fsp3) is 0.308. The third-order valence-electron chi connectivity index (χ3n) is 7.99. The average Bonchev–Trinajstić information content (AvgIpc) is 3.16. The summed E-state index contributed by atoms with van der Waals surface area (Å²) in [6, 6.07) is 31.2. The second kappa shape index (κ2) is 22.5. The summed E-state index contributed by atoms with van der Waals surface area (Å²) in [5.74, 6) is 7.18. The van der Waals surface area contributed by atoms with Crippen molar-refractivity contribution in [2.75, 3.05) is 67.3 Å². The summed E-state index contributed by atoms with van der Waals surface area (Å²) in [5.41, 5.74) is 6.53. The molecule has 11 heteroatoms. The Hall–Kier alpha value is -4.15. The first-order valence-corrected chi connectivity index (χ1v) is 19.3. The first kappa shape index (κ1) is 38.6. The van der Waals surface area contributed by atoms with Gasteiger partial charge in [0.25, 0.3) is 0 Å².